The lowest BCUT2D eigenvalue weighted by atomic mass is 10.1. The van der Waals surface area contributed by atoms with E-state index in [2.05, 4.69) is 5.32 Å². The average Bonchev–Trinajstić information content (AvgIpc) is 2.95. The van der Waals surface area contributed by atoms with Crippen molar-refractivity contribution < 1.29 is 14.7 Å². The second-order valence-electron chi connectivity index (χ2n) is 5.71. The van der Waals surface area contributed by atoms with Gasteiger partial charge in [0.15, 0.2) is 0 Å². The number of carbonyl (C=O) groups is 2. The summed E-state index contributed by atoms with van der Waals surface area (Å²) >= 11 is 0. The van der Waals surface area contributed by atoms with Gasteiger partial charge in [0.25, 0.3) is 0 Å². The van der Waals surface area contributed by atoms with Crippen LogP contribution in [-0.4, -0.2) is 41.1 Å². The topological polar surface area (TPSA) is 69.6 Å². The van der Waals surface area contributed by atoms with E-state index in [1.165, 1.54) is 12.8 Å². The van der Waals surface area contributed by atoms with Gasteiger partial charge in [-0.25, -0.2) is 4.79 Å². The Morgan fingerprint density at radius 3 is 2.78 bits per heavy atom. The van der Waals surface area contributed by atoms with Gasteiger partial charge in [0, 0.05) is 25.6 Å². The van der Waals surface area contributed by atoms with E-state index in [1.54, 1.807) is 0 Å². The minimum atomic E-state index is -0.773. The molecule has 2 aliphatic rings. The molecule has 2 rings (SSSR count). The van der Waals surface area contributed by atoms with E-state index in [-0.39, 0.29) is 18.4 Å². The smallest absolute Gasteiger partial charge is 0.317 e. The summed E-state index contributed by atoms with van der Waals surface area (Å²) in [5.41, 5.74) is 0. The van der Waals surface area contributed by atoms with Crippen molar-refractivity contribution in [1.29, 1.82) is 0 Å². The molecule has 1 saturated carbocycles. The number of fused-ring (bicyclic) bond motifs is 2. The molecule has 2 N–H and O–H groups in total. The lowest BCUT2D eigenvalue weighted by Gasteiger charge is -2.27. The van der Waals surface area contributed by atoms with Gasteiger partial charge in [0.2, 0.25) is 0 Å². The highest BCUT2D eigenvalue weighted by Crippen LogP contribution is 2.37. The van der Waals surface area contributed by atoms with Crippen LogP contribution in [0.15, 0.2) is 0 Å². The lowest BCUT2D eigenvalue weighted by Crippen LogP contribution is -2.45. The molecule has 5 heteroatoms. The van der Waals surface area contributed by atoms with Gasteiger partial charge in [-0.2, -0.15) is 0 Å². The average molecular weight is 254 g/mol. The van der Waals surface area contributed by atoms with Crippen LogP contribution < -0.4 is 5.32 Å². The zero-order chi connectivity index (χ0) is 13.1. The number of carbonyl (C=O) groups excluding carboxylic acids is 1. The van der Waals surface area contributed by atoms with Gasteiger partial charge in [-0.3, -0.25) is 4.79 Å². The minimum absolute atomic E-state index is 0.0318. The first-order chi connectivity index (χ1) is 8.56. The number of hydrogen-bond donors (Lipinski definition) is 2. The molecule has 1 aliphatic carbocycles. The van der Waals surface area contributed by atoms with Crippen LogP contribution in [0, 0.1) is 11.8 Å². The fourth-order valence-electron chi connectivity index (χ4n) is 3.01. The number of carboxylic acid groups (broad SMARTS) is 1. The summed E-state index contributed by atoms with van der Waals surface area (Å²) in [6.45, 7) is 3.44. The Morgan fingerprint density at radius 2 is 2.22 bits per heavy atom. The van der Waals surface area contributed by atoms with E-state index in [4.69, 9.17) is 5.11 Å². The van der Waals surface area contributed by atoms with E-state index in [1.807, 2.05) is 11.8 Å². The Kier molecular flexibility index (Phi) is 4.09. The minimum Gasteiger partial charge on any atom is -0.481 e. The number of rotatable bonds is 5. The number of nitrogens with one attached hydrogen (secondary N) is 1. The number of aliphatic carboxylic acids is 1. The van der Waals surface area contributed by atoms with Gasteiger partial charge < -0.3 is 15.3 Å². The van der Waals surface area contributed by atoms with E-state index in [9.17, 15) is 9.59 Å². The second kappa shape index (κ2) is 5.59. The van der Waals surface area contributed by atoms with Crippen molar-refractivity contribution >= 4 is 12.0 Å². The highest BCUT2D eigenvalue weighted by Gasteiger charge is 2.40. The van der Waals surface area contributed by atoms with Crippen LogP contribution in [0.2, 0.25) is 0 Å². The van der Waals surface area contributed by atoms with Gasteiger partial charge in [0.1, 0.15) is 0 Å². The Morgan fingerprint density at radius 1 is 1.44 bits per heavy atom. The van der Waals surface area contributed by atoms with Crippen LogP contribution >= 0.6 is 0 Å². The third-order valence-corrected chi connectivity index (χ3v) is 4.12. The number of urea groups is 1. The zero-order valence-corrected chi connectivity index (χ0v) is 10.9. The monoisotopic (exact) mass is 254 g/mol. The Hall–Kier alpha value is -1.26. The maximum atomic E-state index is 12.0. The molecular formula is C13H22N2O3. The van der Waals surface area contributed by atoms with Gasteiger partial charge in [0.05, 0.1) is 0 Å². The quantitative estimate of drug-likeness (QED) is 0.784. The molecule has 3 unspecified atom stereocenters. The fraction of sp³-hybridized carbons (Fsp3) is 0.846. The van der Waals surface area contributed by atoms with E-state index in [0.717, 1.165) is 13.0 Å². The SMILES string of the molecule is CC(CCC(=O)O)CNC(=O)N1CC2CCC1C2. The Balaban J connectivity index is 1.67. The number of hydrogen-bond acceptors (Lipinski definition) is 2. The van der Waals surface area contributed by atoms with Gasteiger partial charge in [-0.1, -0.05) is 6.92 Å². The largest absolute Gasteiger partial charge is 0.481 e. The first-order valence-corrected chi connectivity index (χ1v) is 6.82. The number of likely N-dealkylation sites (tertiary alicyclic amines) is 1. The summed E-state index contributed by atoms with van der Waals surface area (Å²) in [5.74, 6) is 0.153. The summed E-state index contributed by atoms with van der Waals surface area (Å²) in [5, 5.41) is 11.5. The summed E-state index contributed by atoms with van der Waals surface area (Å²) in [7, 11) is 0. The highest BCUT2D eigenvalue weighted by atomic mass is 16.4. The number of amides is 2. The standard InChI is InChI=1S/C13H22N2O3/c1-9(2-5-12(16)17)7-14-13(18)15-8-10-3-4-11(15)6-10/h9-11H,2-8H2,1H3,(H,14,18)(H,16,17). The molecule has 18 heavy (non-hydrogen) atoms. The number of piperidine rings is 1. The van der Waals surface area contributed by atoms with E-state index in [0.29, 0.717) is 24.9 Å². The van der Waals surface area contributed by atoms with Gasteiger partial charge >= 0.3 is 12.0 Å². The lowest BCUT2D eigenvalue weighted by molar-refractivity contribution is -0.137. The zero-order valence-electron chi connectivity index (χ0n) is 10.9. The van der Waals surface area contributed by atoms with Crippen LogP contribution in [-0.2, 0) is 4.79 Å². The van der Waals surface area contributed by atoms with Crippen LogP contribution in [0.3, 0.4) is 0 Å². The Bertz CT molecular complexity index is 332. The summed E-state index contributed by atoms with van der Waals surface area (Å²) in [4.78, 5) is 24.4. The predicted molar refractivity (Wildman–Crippen MR) is 67.3 cm³/mol. The third kappa shape index (κ3) is 3.15. The van der Waals surface area contributed by atoms with Crippen molar-refractivity contribution in [2.45, 2.75) is 45.1 Å². The van der Waals surface area contributed by atoms with E-state index >= 15 is 0 Å². The molecule has 0 aromatic heterocycles. The first-order valence-electron chi connectivity index (χ1n) is 6.82. The predicted octanol–water partition coefficient (Wildman–Crippen LogP) is 1.68. The van der Waals surface area contributed by atoms with Crippen LogP contribution in [0.1, 0.15) is 39.0 Å². The molecule has 2 bridgehead atoms. The fourth-order valence-corrected chi connectivity index (χ4v) is 3.01. The van der Waals surface area contributed by atoms with Gasteiger partial charge in [-0.15, -0.1) is 0 Å². The first kappa shape index (κ1) is 13.2. The van der Waals surface area contributed by atoms with Crippen LogP contribution in [0.25, 0.3) is 0 Å². The molecule has 1 heterocycles. The van der Waals surface area contributed by atoms with E-state index < -0.39 is 5.97 Å². The van der Waals surface area contributed by atoms with Crippen molar-refractivity contribution in [3.63, 3.8) is 0 Å². The molecule has 0 radical (unpaired) electrons. The van der Waals surface area contributed by atoms with Crippen LogP contribution in [0.4, 0.5) is 4.79 Å². The molecule has 1 aliphatic heterocycles. The number of carboxylic acids is 1. The third-order valence-electron chi connectivity index (χ3n) is 4.12. The van der Waals surface area contributed by atoms with Crippen LogP contribution in [0.5, 0.6) is 0 Å². The molecule has 5 nitrogen and oxygen atoms in total. The molecule has 2 fully saturated rings. The summed E-state index contributed by atoms with van der Waals surface area (Å²) < 4.78 is 0. The summed E-state index contributed by atoms with van der Waals surface area (Å²) in [6.07, 6.45) is 4.37. The molecule has 0 aromatic carbocycles. The van der Waals surface area contributed by atoms with Crippen molar-refractivity contribution in [2.24, 2.45) is 11.8 Å². The molecule has 102 valence electrons. The molecule has 0 aromatic rings. The molecular weight excluding hydrogens is 232 g/mol. The summed E-state index contributed by atoms with van der Waals surface area (Å²) in [6, 6.07) is 0.480. The molecule has 1 saturated heterocycles. The molecule has 2 amide bonds. The Labute approximate surface area is 108 Å². The number of nitrogens with zero attached hydrogens (tertiary/aromatic N) is 1. The maximum Gasteiger partial charge on any atom is 0.317 e. The molecule has 0 spiro atoms. The highest BCUT2D eigenvalue weighted by molar-refractivity contribution is 5.75. The van der Waals surface area contributed by atoms with Gasteiger partial charge in [-0.05, 0) is 37.5 Å². The van der Waals surface area contributed by atoms with Crippen molar-refractivity contribution in [2.75, 3.05) is 13.1 Å². The second-order valence-corrected chi connectivity index (χ2v) is 5.71. The maximum absolute atomic E-state index is 12.0. The normalized spacial score (nSPS) is 27.3. The van der Waals surface area contributed by atoms with Crippen molar-refractivity contribution in [3.8, 4) is 0 Å². The van der Waals surface area contributed by atoms with Crippen molar-refractivity contribution in [3.05, 3.63) is 0 Å². The van der Waals surface area contributed by atoms with Crippen molar-refractivity contribution in [1.82, 2.24) is 10.2 Å². The molecule has 3 atom stereocenters.